The molecule has 0 amide bonds. The van der Waals surface area contributed by atoms with Gasteiger partial charge in [0.2, 0.25) is 0 Å². The van der Waals surface area contributed by atoms with Gasteiger partial charge in [-0.3, -0.25) is 0 Å². The minimum absolute atomic E-state index is 0.0000122. The van der Waals surface area contributed by atoms with E-state index in [1.807, 2.05) is 49.4 Å². The molecule has 0 heterocycles. The highest BCUT2D eigenvalue weighted by molar-refractivity contribution is 9.10. The molecule has 0 aliphatic carbocycles. The lowest BCUT2D eigenvalue weighted by Crippen LogP contribution is -2.05. The Hall–Kier alpha value is -1.52. The zero-order valence-electron chi connectivity index (χ0n) is 11.6. The first-order chi connectivity index (χ1) is 9.60. The molecule has 2 rings (SSSR count). The number of hydrogen-bond acceptors (Lipinski definition) is 3. The second-order valence-corrected chi connectivity index (χ2v) is 5.46. The fourth-order valence-corrected chi connectivity index (χ4v) is 2.57. The van der Waals surface area contributed by atoms with Crippen molar-refractivity contribution in [2.75, 3.05) is 7.11 Å². The van der Waals surface area contributed by atoms with E-state index in [9.17, 15) is 0 Å². The van der Waals surface area contributed by atoms with E-state index in [4.69, 9.17) is 15.2 Å². The van der Waals surface area contributed by atoms with Gasteiger partial charge in [-0.2, -0.15) is 0 Å². The Bertz CT molecular complexity index is 567. The predicted molar refractivity (Wildman–Crippen MR) is 84.1 cm³/mol. The lowest BCUT2D eigenvalue weighted by molar-refractivity contribution is 0.305. The number of nitrogens with two attached hydrogens (primary N) is 1. The summed E-state index contributed by atoms with van der Waals surface area (Å²) in [4.78, 5) is 0. The average molecular weight is 336 g/mol. The highest BCUT2D eigenvalue weighted by Crippen LogP contribution is 2.27. The SMILES string of the molecule is COc1ccc(COc2ccc([C@H](C)N)c(Br)c2)cc1. The highest BCUT2D eigenvalue weighted by atomic mass is 79.9. The molecule has 4 heteroatoms. The summed E-state index contributed by atoms with van der Waals surface area (Å²) >= 11 is 3.52. The maximum absolute atomic E-state index is 5.87. The van der Waals surface area contributed by atoms with Crippen LogP contribution < -0.4 is 15.2 Å². The van der Waals surface area contributed by atoms with Gasteiger partial charge in [0.25, 0.3) is 0 Å². The molecule has 0 aliphatic heterocycles. The van der Waals surface area contributed by atoms with Gasteiger partial charge in [-0.15, -0.1) is 0 Å². The monoisotopic (exact) mass is 335 g/mol. The second kappa shape index (κ2) is 6.77. The topological polar surface area (TPSA) is 44.5 Å². The third-order valence-corrected chi connectivity index (χ3v) is 3.71. The van der Waals surface area contributed by atoms with E-state index in [2.05, 4.69) is 15.9 Å². The van der Waals surface area contributed by atoms with Gasteiger partial charge in [0, 0.05) is 10.5 Å². The van der Waals surface area contributed by atoms with Crippen molar-refractivity contribution in [1.82, 2.24) is 0 Å². The number of rotatable bonds is 5. The van der Waals surface area contributed by atoms with Crippen LogP contribution in [0.15, 0.2) is 46.9 Å². The summed E-state index contributed by atoms with van der Waals surface area (Å²) in [5, 5.41) is 0. The van der Waals surface area contributed by atoms with Gasteiger partial charge in [-0.1, -0.05) is 34.1 Å². The number of hydrogen-bond donors (Lipinski definition) is 1. The van der Waals surface area contributed by atoms with E-state index < -0.39 is 0 Å². The molecule has 0 saturated carbocycles. The molecule has 1 atom stereocenters. The minimum atomic E-state index is 0.0000122. The van der Waals surface area contributed by atoms with Crippen molar-refractivity contribution < 1.29 is 9.47 Å². The second-order valence-electron chi connectivity index (χ2n) is 4.61. The van der Waals surface area contributed by atoms with E-state index in [1.54, 1.807) is 7.11 Å². The Kier molecular flexibility index (Phi) is 5.04. The highest BCUT2D eigenvalue weighted by Gasteiger charge is 2.06. The maximum Gasteiger partial charge on any atom is 0.120 e. The van der Waals surface area contributed by atoms with Gasteiger partial charge >= 0.3 is 0 Å². The van der Waals surface area contributed by atoms with Crippen LogP contribution in [0.25, 0.3) is 0 Å². The number of ether oxygens (including phenoxy) is 2. The van der Waals surface area contributed by atoms with Gasteiger partial charge in [0.1, 0.15) is 18.1 Å². The summed E-state index contributed by atoms with van der Waals surface area (Å²) in [6, 6.07) is 13.7. The van der Waals surface area contributed by atoms with Crippen molar-refractivity contribution in [2.24, 2.45) is 5.73 Å². The van der Waals surface area contributed by atoms with E-state index in [0.29, 0.717) is 6.61 Å². The first-order valence-electron chi connectivity index (χ1n) is 6.41. The molecular formula is C16H18BrNO2. The summed E-state index contributed by atoms with van der Waals surface area (Å²) in [6.45, 7) is 2.48. The van der Waals surface area contributed by atoms with E-state index in [1.165, 1.54) is 0 Å². The maximum atomic E-state index is 5.87. The van der Waals surface area contributed by atoms with Crippen LogP contribution in [0.1, 0.15) is 24.1 Å². The molecule has 20 heavy (non-hydrogen) atoms. The average Bonchev–Trinajstić information content (AvgIpc) is 2.45. The third kappa shape index (κ3) is 3.74. The Labute approximate surface area is 127 Å². The van der Waals surface area contributed by atoms with Crippen molar-refractivity contribution in [3.05, 3.63) is 58.1 Å². The summed E-state index contributed by atoms with van der Waals surface area (Å²) < 4.78 is 11.9. The Morgan fingerprint density at radius 1 is 1.10 bits per heavy atom. The molecule has 0 aliphatic rings. The molecule has 0 aromatic heterocycles. The summed E-state index contributed by atoms with van der Waals surface area (Å²) in [7, 11) is 1.66. The quantitative estimate of drug-likeness (QED) is 0.896. The minimum Gasteiger partial charge on any atom is -0.497 e. The van der Waals surface area contributed by atoms with E-state index in [0.717, 1.165) is 27.1 Å². The van der Waals surface area contributed by atoms with Crippen molar-refractivity contribution in [3.8, 4) is 11.5 Å². The van der Waals surface area contributed by atoms with Gasteiger partial charge < -0.3 is 15.2 Å². The Morgan fingerprint density at radius 2 is 1.75 bits per heavy atom. The number of halogens is 1. The molecule has 0 unspecified atom stereocenters. The van der Waals surface area contributed by atoms with Crippen LogP contribution in [0.2, 0.25) is 0 Å². The van der Waals surface area contributed by atoms with Gasteiger partial charge in [-0.25, -0.2) is 0 Å². The molecule has 0 bridgehead atoms. The molecule has 0 spiro atoms. The predicted octanol–water partition coefficient (Wildman–Crippen LogP) is 4.06. The van der Waals surface area contributed by atoms with Crippen molar-refractivity contribution in [1.29, 1.82) is 0 Å². The number of methoxy groups -OCH3 is 1. The van der Waals surface area contributed by atoms with Crippen molar-refractivity contribution >= 4 is 15.9 Å². The van der Waals surface area contributed by atoms with Crippen LogP contribution in [0.4, 0.5) is 0 Å². The van der Waals surface area contributed by atoms with E-state index >= 15 is 0 Å². The molecule has 0 radical (unpaired) electrons. The van der Waals surface area contributed by atoms with Crippen LogP contribution in [0, 0.1) is 0 Å². The van der Waals surface area contributed by atoms with Crippen LogP contribution in [0.3, 0.4) is 0 Å². The largest absolute Gasteiger partial charge is 0.497 e. The van der Waals surface area contributed by atoms with Gasteiger partial charge in [0.15, 0.2) is 0 Å². The smallest absolute Gasteiger partial charge is 0.120 e. The molecule has 3 nitrogen and oxygen atoms in total. The lowest BCUT2D eigenvalue weighted by Gasteiger charge is -2.11. The fourth-order valence-electron chi connectivity index (χ4n) is 1.86. The zero-order valence-corrected chi connectivity index (χ0v) is 13.2. The number of benzene rings is 2. The van der Waals surface area contributed by atoms with Crippen LogP contribution in [0.5, 0.6) is 11.5 Å². The van der Waals surface area contributed by atoms with E-state index in [-0.39, 0.29) is 6.04 Å². The van der Waals surface area contributed by atoms with Gasteiger partial charge in [0.05, 0.1) is 7.11 Å². The van der Waals surface area contributed by atoms with Crippen LogP contribution in [-0.2, 0) is 6.61 Å². The summed E-state index contributed by atoms with van der Waals surface area (Å²) in [6.07, 6.45) is 0. The standard InChI is InChI=1S/C16H18BrNO2/c1-11(18)15-8-7-14(9-16(15)17)20-10-12-3-5-13(19-2)6-4-12/h3-9,11H,10,18H2,1-2H3/t11-/m0/s1. The lowest BCUT2D eigenvalue weighted by atomic mass is 10.1. The molecule has 0 saturated heterocycles. The molecule has 2 aromatic rings. The van der Waals surface area contributed by atoms with Crippen molar-refractivity contribution in [2.45, 2.75) is 19.6 Å². The van der Waals surface area contributed by atoms with Crippen molar-refractivity contribution in [3.63, 3.8) is 0 Å². The molecule has 2 N–H and O–H groups in total. The zero-order chi connectivity index (χ0) is 14.5. The van der Waals surface area contributed by atoms with Crippen LogP contribution >= 0.6 is 15.9 Å². The summed E-state index contributed by atoms with van der Waals surface area (Å²) in [5.41, 5.74) is 8.04. The summed E-state index contributed by atoms with van der Waals surface area (Å²) in [5.74, 6) is 1.66. The van der Waals surface area contributed by atoms with Gasteiger partial charge in [-0.05, 0) is 42.3 Å². The fraction of sp³-hybridized carbons (Fsp3) is 0.250. The Morgan fingerprint density at radius 3 is 2.30 bits per heavy atom. The third-order valence-electron chi connectivity index (χ3n) is 3.03. The molecule has 106 valence electrons. The normalized spacial score (nSPS) is 12.0. The molecule has 0 fully saturated rings. The molecular weight excluding hydrogens is 318 g/mol. The van der Waals surface area contributed by atoms with Crippen LogP contribution in [-0.4, -0.2) is 7.11 Å². The molecule has 2 aromatic carbocycles. The first kappa shape index (κ1) is 14.9. The first-order valence-corrected chi connectivity index (χ1v) is 7.20. The Balaban J connectivity index is 2.01.